The lowest BCUT2D eigenvalue weighted by Gasteiger charge is -2.15. The Labute approximate surface area is 118 Å². The molecule has 0 saturated heterocycles. The highest BCUT2D eigenvalue weighted by Crippen LogP contribution is 2.26. The van der Waals surface area contributed by atoms with E-state index in [0.717, 1.165) is 16.3 Å². The number of aliphatic hydroxyl groups is 1. The summed E-state index contributed by atoms with van der Waals surface area (Å²) in [5, 5.41) is 12.7. The highest BCUT2D eigenvalue weighted by molar-refractivity contribution is 5.85. The van der Waals surface area contributed by atoms with Gasteiger partial charge in [-0.05, 0) is 35.1 Å². The fourth-order valence-corrected chi connectivity index (χ4v) is 2.60. The molecule has 0 saturated carbocycles. The topological polar surface area (TPSA) is 33.1 Å². The molecule has 1 unspecified atom stereocenters. The minimum absolute atomic E-state index is 0.498. The van der Waals surface area contributed by atoms with Gasteiger partial charge >= 0.3 is 0 Å². The van der Waals surface area contributed by atoms with E-state index in [2.05, 4.69) is 24.0 Å². The molecule has 20 heavy (non-hydrogen) atoms. The monoisotopic (exact) mass is 263 g/mol. The average molecular weight is 263 g/mol. The Balaban J connectivity index is 1.97. The van der Waals surface area contributed by atoms with Gasteiger partial charge in [0.1, 0.15) is 0 Å². The second-order valence-corrected chi connectivity index (χ2v) is 5.09. The third kappa shape index (κ3) is 2.43. The fraction of sp³-hybridized carbons (Fsp3) is 0.167. The van der Waals surface area contributed by atoms with Crippen molar-refractivity contribution < 1.29 is 5.11 Å². The Kier molecular flexibility index (Phi) is 3.48. The van der Waals surface area contributed by atoms with Crippen LogP contribution in [0.15, 0.2) is 60.9 Å². The molecule has 2 nitrogen and oxygen atoms in total. The van der Waals surface area contributed by atoms with E-state index in [1.807, 2.05) is 42.6 Å². The predicted octanol–water partition coefficient (Wildman–Crippen LogP) is 3.82. The molecule has 100 valence electrons. The minimum Gasteiger partial charge on any atom is -0.388 e. The molecule has 3 aromatic rings. The average Bonchev–Trinajstić information content (AvgIpc) is 2.49. The standard InChI is InChI=1S/C18H17NO/c1-13-5-2-3-6-14(13)11-18(20)17-8-4-7-15-12-19-10-9-16(15)17/h2-10,12,18,20H,11H2,1H3. The van der Waals surface area contributed by atoms with Crippen LogP contribution >= 0.6 is 0 Å². The zero-order chi connectivity index (χ0) is 13.9. The Hall–Kier alpha value is -2.19. The number of fused-ring (bicyclic) bond motifs is 1. The Morgan fingerprint density at radius 2 is 1.90 bits per heavy atom. The summed E-state index contributed by atoms with van der Waals surface area (Å²) in [4.78, 5) is 4.13. The number of aliphatic hydroxyl groups excluding tert-OH is 1. The second kappa shape index (κ2) is 5.43. The van der Waals surface area contributed by atoms with Crippen LogP contribution in [0.2, 0.25) is 0 Å². The molecule has 0 bridgehead atoms. The molecule has 0 aliphatic heterocycles. The van der Waals surface area contributed by atoms with Gasteiger partial charge in [0.05, 0.1) is 6.10 Å². The van der Waals surface area contributed by atoms with Gasteiger partial charge in [0.25, 0.3) is 0 Å². The van der Waals surface area contributed by atoms with E-state index in [1.165, 1.54) is 11.1 Å². The third-order valence-electron chi connectivity index (χ3n) is 3.75. The number of benzene rings is 2. The van der Waals surface area contributed by atoms with E-state index in [9.17, 15) is 5.11 Å². The number of nitrogens with zero attached hydrogens (tertiary/aromatic N) is 1. The van der Waals surface area contributed by atoms with Gasteiger partial charge in [0.15, 0.2) is 0 Å². The van der Waals surface area contributed by atoms with Crippen molar-refractivity contribution in [1.82, 2.24) is 4.98 Å². The quantitative estimate of drug-likeness (QED) is 0.779. The third-order valence-corrected chi connectivity index (χ3v) is 3.75. The maximum Gasteiger partial charge on any atom is 0.0836 e. The van der Waals surface area contributed by atoms with Crippen LogP contribution in [0.1, 0.15) is 22.8 Å². The Morgan fingerprint density at radius 3 is 2.75 bits per heavy atom. The second-order valence-electron chi connectivity index (χ2n) is 5.09. The van der Waals surface area contributed by atoms with E-state index >= 15 is 0 Å². The van der Waals surface area contributed by atoms with Gasteiger partial charge < -0.3 is 5.11 Å². The summed E-state index contributed by atoms with van der Waals surface area (Å²) in [6.07, 6.45) is 3.74. The van der Waals surface area contributed by atoms with Crippen LogP contribution in [0.4, 0.5) is 0 Å². The smallest absolute Gasteiger partial charge is 0.0836 e. The molecule has 2 heteroatoms. The number of aromatic nitrogens is 1. The molecule has 0 amide bonds. The van der Waals surface area contributed by atoms with Crippen molar-refractivity contribution in [3.8, 4) is 0 Å². The molecular weight excluding hydrogens is 246 g/mol. The van der Waals surface area contributed by atoms with E-state index < -0.39 is 6.10 Å². The van der Waals surface area contributed by atoms with Crippen molar-refractivity contribution in [2.24, 2.45) is 0 Å². The molecule has 0 radical (unpaired) electrons. The van der Waals surface area contributed by atoms with Gasteiger partial charge in [-0.15, -0.1) is 0 Å². The van der Waals surface area contributed by atoms with E-state index in [0.29, 0.717) is 6.42 Å². The molecule has 0 aliphatic carbocycles. The highest BCUT2D eigenvalue weighted by Gasteiger charge is 2.12. The molecule has 2 aromatic carbocycles. The molecule has 1 heterocycles. The Bertz CT molecular complexity index is 731. The molecule has 1 N–H and O–H groups in total. The van der Waals surface area contributed by atoms with Crippen LogP contribution in [0.5, 0.6) is 0 Å². The van der Waals surface area contributed by atoms with Gasteiger partial charge in [-0.3, -0.25) is 4.98 Å². The largest absolute Gasteiger partial charge is 0.388 e. The highest BCUT2D eigenvalue weighted by atomic mass is 16.3. The predicted molar refractivity (Wildman–Crippen MR) is 81.6 cm³/mol. The first-order valence-electron chi connectivity index (χ1n) is 6.81. The van der Waals surface area contributed by atoms with Crippen molar-refractivity contribution in [1.29, 1.82) is 0 Å². The maximum atomic E-state index is 10.6. The molecule has 1 aromatic heterocycles. The molecule has 3 rings (SSSR count). The first kappa shape index (κ1) is 12.8. The number of rotatable bonds is 3. The van der Waals surface area contributed by atoms with Gasteiger partial charge in [0, 0.05) is 24.2 Å². The van der Waals surface area contributed by atoms with Gasteiger partial charge in [-0.1, -0.05) is 42.5 Å². The van der Waals surface area contributed by atoms with E-state index in [4.69, 9.17) is 0 Å². The van der Waals surface area contributed by atoms with Crippen LogP contribution in [0.25, 0.3) is 10.8 Å². The fourth-order valence-electron chi connectivity index (χ4n) is 2.60. The first-order valence-corrected chi connectivity index (χ1v) is 6.81. The number of hydrogen-bond donors (Lipinski definition) is 1. The van der Waals surface area contributed by atoms with Crippen LogP contribution in [0.3, 0.4) is 0 Å². The summed E-state index contributed by atoms with van der Waals surface area (Å²) in [6.45, 7) is 2.08. The lowest BCUT2D eigenvalue weighted by atomic mass is 9.95. The van der Waals surface area contributed by atoms with E-state index in [1.54, 1.807) is 6.20 Å². The summed E-state index contributed by atoms with van der Waals surface area (Å²) in [5.74, 6) is 0. The zero-order valence-corrected chi connectivity index (χ0v) is 11.5. The van der Waals surface area contributed by atoms with Crippen LogP contribution < -0.4 is 0 Å². The summed E-state index contributed by atoms with van der Waals surface area (Å²) >= 11 is 0. The summed E-state index contributed by atoms with van der Waals surface area (Å²) in [6, 6.07) is 16.1. The lowest BCUT2D eigenvalue weighted by Crippen LogP contribution is -2.04. The van der Waals surface area contributed by atoms with Gasteiger partial charge in [-0.2, -0.15) is 0 Å². The molecular formula is C18H17NO. The molecule has 0 aliphatic rings. The van der Waals surface area contributed by atoms with Crippen molar-refractivity contribution in [3.63, 3.8) is 0 Å². The number of hydrogen-bond acceptors (Lipinski definition) is 2. The van der Waals surface area contributed by atoms with Crippen molar-refractivity contribution >= 4 is 10.8 Å². The van der Waals surface area contributed by atoms with Crippen LogP contribution in [-0.2, 0) is 6.42 Å². The van der Waals surface area contributed by atoms with Gasteiger partial charge in [0.2, 0.25) is 0 Å². The summed E-state index contributed by atoms with van der Waals surface area (Å²) in [5.41, 5.74) is 3.37. The van der Waals surface area contributed by atoms with Crippen molar-refractivity contribution in [2.75, 3.05) is 0 Å². The molecule has 0 spiro atoms. The van der Waals surface area contributed by atoms with Gasteiger partial charge in [-0.25, -0.2) is 0 Å². The number of aryl methyl sites for hydroxylation is 1. The lowest BCUT2D eigenvalue weighted by molar-refractivity contribution is 0.180. The van der Waals surface area contributed by atoms with Crippen LogP contribution in [0, 0.1) is 6.92 Å². The Morgan fingerprint density at radius 1 is 1.05 bits per heavy atom. The number of pyridine rings is 1. The molecule has 0 fully saturated rings. The first-order chi connectivity index (χ1) is 9.75. The summed E-state index contributed by atoms with van der Waals surface area (Å²) < 4.78 is 0. The SMILES string of the molecule is Cc1ccccc1CC(O)c1cccc2cnccc12. The van der Waals surface area contributed by atoms with Crippen molar-refractivity contribution in [3.05, 3.63) is 77.6 Å². The zero-order valence-electron chi connectivity index (χ0n) is 11.5. The van der Waals surface area contributed by atoms with Crippen molar-refractivity contribution in [2.45, 2.75) is 19.4 Å². The van der Waals surface area contributed by atoms with Crippen LogP contribution in [-0.4, -0.2) is 10.1 Å². The normalized spacial score (nSPS) is 12.5. The minimum atomic E-state index is -0.498. The van der Waals surface area contributed by atoms with E-state index in [-0.39, 0.29) is 0 Å². The molecule has 1 atom stereocenters. The maximum absolute atomic E-state index is 10.6. The summed E-state index contributed by atoms with van der Waals surface area (Å²) in [7, 11) is 0.